The number of benzene rings is 6. The quantitative estimate of drug-likeness (QED) is 0.0674. The minimum atomic E-state index is 0.0467. The molecule has 0 aliphatic heterocycles. The second-order valence-electron chi connectivity index (χ2n) is 16.7. The molecule has 65 heavy (non-hydrogen) atoms. The molecule has 0 spiro atoms. The molecular formula is C60H52B2N2S. The summed E-state index contributed by atoms with van der Waals surface area (Å²) in [5.74, 6) is 0. The van der Waals surface area contributed by atoms with E-state index >= 15 is 0 Å². The maximum atomic E-state index is 5.16. The third-order valence-corrected chi connectivity index (χ3v) is 13.5. The number of nitrogens with zero attached hydrogens (tertiary/aromatic N) is 2. The van der Waals surface area contributed by atoms with Crippen molar-refractivity contribution in [1.82, 2.24) is 9.97 Å². The summed E-state index contributed by atoms with van der Waals surface area (Å²) in [7, 11) is 0. The molecule has 3 heterocycles. The molecule has 0 bridgehead atoms. The first-order chi connectivity index (χ1) is 32.2. The van der Waals surface area contributed by atoms with Crippen LogP contribution in [0.15, 0.2) is 225 Å². The van der Waals surface area contributed by atoms with Crippen LogP contribution in [0.1, 0.15) is 60.7 Å². The second kappa shape index (κ2) is 21.5. The lowest BCUT2D eigenvalue weighted by Gasteiger charge is -2.19. The Hall–Kier alpha value is -7.07. The molecule has 6 aromatic carbocycles. The van der Waals surface area contributed by atoms with Crippen molar-refractivity contribution in [3.05, 3.63) is 253 Å². The molecule has 0 radical (unpaired) electrons. The number of rotatable bonds is 17. The molecular weight excluding hydrogens is 802 g/mol. The van der Waals surface area contributed by atoms with Crippen LogP contribution in [0.2, 0.25) is 0 Å². The Morgan fingerprint density at radius 2 is 0.846 bits per heavy atom. The van der Waals surface area contributed by atoms with Gasteiger partial charge in [0, 0.05) is 33.3 Å². The lowest BCUT2D eigenvalue weighted by atomic mass is 9.35. The Bertz CT molecular complexity index is 2840. The van der Waals surface area contributed by atoms with Gasteiger partial charge in [0.25, 0.3) is 0 Å². The van der Waals surface area contributed by atoms with Crippen molar-refractivity contribution in [2.75, 3.05) is 0 Å². The van der Waals surface area contributed by atoms with Gasteiger partial charge in [-0.05, 0) is 72.0 Å². The highest BCUT2D eigenvalue weighted by Gasteiger charge is 2.27. The highest BCUT2D eigenvalue weighted by molar-refractivity contribution is 7.19. The molecule has 2 nitrogen and oxygen atoms in total. The fourth-order valence-electron chi connectivity index (χ4n) is 8.94. The van der Waals surface area contributed by atoms with Gasteiger partial charge in [-0.25, -0.2) is 0 Å². The van der Waals surface area contributed by atoms with E-state index in [0.29, 0.717) is 0 Å². The molecule has 0 amide bonds. The summed E-state index contributed by atoms with van der Waals surface area (Å²) < 4.78 is 0. The van der Waals surface area contributed by atoms with Crippen LogP contribution in [0.3, 0.4) is 0 Å². The minimum Gasteiger partial charge on any atom is -0.256 e. The molecule has 9 rings (SSSR count). The van der Waals surface area contributed by atoms with E-state index in [9.17, 15) is 0 Å². The van der Waals surface area contributed by atoms with Gasteiger partial charge in [0.05, 0.1) is 11.4 Å². The predicted molar refractivity (Wildman–Crippen MR) is 283 cm³/mol. The first kappa shape index (κ1) is 43.2. The van der Waals surface area contributed by atoms with Crippen molar-refractivity contribution >= 4 is 69.7 Å². The number of hydrogen-bond donors (Lipinski definition) is 0. The van der Waals surface area contributed by atoms with E-state index in [0.717, 1.165) is 28.9 Å². The lowest BCUT2D eigenvalue weighted by Crippen LogP contribution is -2.43. The van der Waals surface area contributed by atoms with Crippen LogP contribution in [0.25, 0.3) is 44.0 Å². The van der Waals surface area contributed by atoms with Crippen molar-refractivity contribution in [2.45, 2.75) is 39.0 Å². The number of unbranched alkanes of at least 4 members (excludes halogenated alkanes) is 3. The number of thiophene rings is 1. The molecule has 3 aromatic heterocycles. The molecule has 0 aliphatic rings. The van der Waals surface area contributed by atoms with E-state index in [4.69, 9.17) is 9.97 Å². The van der Waals surface area contributed by atoms with Gasteiger partial charge < -0.3 is 0 Å². The van der Waals surface area contributed by atoms with E-state index in [1.165, 1.54) is 84.9 Å². The molecule has 0 saturated heterocycles. The molecule has 0 saturated carbocycles. The highest BCUT2D eigenvalue weighted by Crippen LogP contribution is 2.39. The van der Waals surface area contributed by atoms with E-state index in [2.05, 4.69) is 244 Å². The van der Waals surface area contributed by atoms with Crippen molar-refractivity contribution in [2.24, 2.45) is 0 Å². The van der Waals surface area contributed by atoms with Gasteiger partial charge in [-0.2, -0.15) is 0 Å². The zero-order valence-electron chi connectivity index (χ0n) is 37.0. The Kier molecular flexibility index (Phi) is 14.3. The molecule has 0 fully saturated rings. The highest BCUT2D eigenvalue weighted by atomic mass is 32.1. The first-order valence-electron chi connectivity index (χ1n) is 23.0. The van der Waals surface area contributed by atoms with E-state index < -0.39 is 0 Å². The first-order valence-corrected chi connectivity index (χ1v) is 23.8. The zero-order valence-corrected chi connectivity index (χ0v) is 37.8. The SMILES string of the molecule is CCCCCCc1cc(-c2ccc(/C=C(/B(c3ccccc3)c3ccccc3)c3ccccc3)nc2)sc1-c1ccc(/C=C(/B(c2ccccc2)c2ccccc2)c2ccccc2)nc1. The Morgan fingerprint density at radius 1 is 0.446 bits per heavy atom. The molecule has 0 atom stereocenters. The largest absolute Gasteiger partial charge is 0.256 e. The van der Waals surface area contributed by atoms with Gasteiger partial charge in [-0.15, -0.1) is 11.3 Å². The van der Waals surface area contributed by atoms with Gasteiger partial charge >= 0.3 is 0 Å². The summed E-state index contributed by atoms with van der Waals surface area (Å²) in [6.07, 6.45) is 14.6. The summed E-state index contributed by atoms with van der Waals surface area (Å²) in [5.41, 5.74) is 15.4. The van der Waals surface area contributed by atoms with Crippen LogP contribution in [-0.2, 0) is 6.42 Å². The van der Waals surface area contributed by atoms with Crippen molar-refractivity contribution in [1.29, 1.82) is 0 Å². The van der Waals surface area contributed by atoms with E-state index in [-0.39, 0.29) is 13.4 Å². The maximum Gasteiger partial charge on any atom is 0.242 e. The molecule has 0 N–H and O–H groups in total. The van der Waals surface area contributed by atoms with Crippen molar-refractivity contribution < 1.29 is 0 Å². The topological polar surface area (TPSA) is 25.8 Å². The monoisotopic (exact) mass is 854 g/mol. The zero-order chi connectivity index (χ0) is 44.0. The smallest absolute Gasteiger partial charge is 0.242 e. The number of pyridine rings is 2. The predicted octanol–water partition coefficient (Wildman–Crippen LogP) is 12.8. The van der Waals surface area contributed by atoms with Crippen LogP contribution in [-0.4, -0.2) is 23.4 Å². The summed E-state index contributed by atoms with van der Waals surface area (Å²) in [5, 5.41) is 0. The van der Waals surface area contributed by atoms with Crippen LogP contribution in [0.4, 0.5) is 0 Å². The summed E-state index contributed by atoms with van der Waals surface area (Å²) in [6, 6.07) is 76.0. The van der Waals surface area contributed by atoms with Crippen LogP contribution < -0.4 is 21.9 Å². The maximum absolute atomic E-state index is 5.16. The molecule has 0 aliphatic carbocycles. The summed E-state index contributed by atoms with van der Waals surface area (Å²) in [4.78, 5) is 12.8. The normalized spacial score (nSPS) is 11.6. The number of aryl methyl sites for hydroxylation is 1. The van der Waals surface area contributed by atoms with Crippen LogP contribution in [0.5, 0.6) is 0 Å². The Morgan fingerprint density at radius 3 is 1.23 bits per heavy atom. The third kappa shape index (κ3) is 10.7. The average Bonchev–Trinajstić information content (AvgIpc) is 3.81. The summed E-state index contributed by atoms with van der Waals surface area (Å²) in [6.45, 7) is 2.37. The van der Waals surface area contributed by atoms with Gasteiger partial charge in [-0.3, -0.25) is 9.97 Å². The minimum absolute atomic E-state index is 0.0467. The lowest BCUT2D eigenvalue weighted by molar-refractivity contribution is 0.668. The van der Waals surface area contributed by atoms with Gasteiger partial charge in [0.2, 0.25) is 13.4 Å². The number of aromatic nitrogens is 2. The average molecular weight is 855 g/mol. The third-order valence-electron chi connectivity index (χ3n) is 12.2. The Labute approximate surface area is 390 Å². The van der Waals surface area contributed by atoms with Crippen molar-refractivity contribution in [3.8, 4) is 20.9 Å². The molecule has 0 unspecified atom stereocenters. The number of hydrogen-bond acceptors (Lipinski definition) is 3. The summed E-state index contributed by atoms with van der Waals surface area (Å²) >= 11 is 1.85. The van der Waals surface area contributed by atoms with Gasteiger partial charge in [0.15, 0.2) is 0 Å². The molecule has 5 heteroatoms. The van der Waals surface area contributed by atoms with Crippen molar-refractivity contribution in [3.63, 3.8) is 0 Å². The van der Waals surface area contributed by atoms with Crippen LogP contribution in [0, 0.1) is 0 Å². The molecule has 314 valence electrons. The van der Waals surface area contributed by atoms with Gasteiger partial charge in [-0.1, -0.05) is 241 Å². The Balaban J connectivity index is 1.06. The second-order valence-corrected chi connectivity index (χ2v) is 17.7. The fraction of sp³-hybridized carbons (Fsp3) is 0.100. The van der Waals surface area contributed by atoms with Gasteiger partial charge in [0.1, 0.15) is 0 Å². The fourth-order valence-corrected chi connectivity index (χ4v) is 10.1. The van der Waals surface area contributed by atoms with E-state index in [1.807, 2.05) is 11.3 Å². The molecule has 9 aromatic rings. The van der Waals surface area contributed by atoms with E-state index in [1.54, 1.807) is 0 Å². The van der Waals surface area contributed by atoms with Crippen LogP contribution >= 0.6 is 11.3 Å². The standard InChI is InChI=1S/C60H52B2N2S/c1-2-3-4-11-28-48-41-59(49-37-39-55(63-44-49)42-57(46-24-12-5-13-25-46)61(51-29-16-7-17-30-51)52-31-18-8-19-32-52)65-60(48)50-38-40-56(64-45-50)43-58(47-26-14-6-15-27-47)62(53-33-20-9-21-34-53)54-35-22-10-23-36-54/h5-10,12-27,29-45H,2-4,11,28H2,1H3/b57-42+,58-43+.